The Morgan fingerprint density at radius 1 is 1.08 bits per heavy atom. The average molecular weight is 370 g/mol. The lowest BCUT2D eigenvalue weighted by Gasteiger charge is -2.17. The smallest absolute Gasteiger partial charge is 0.275 e. The number of amides is 1. The van der Waals surface area contributed by atoms with E-state index in [4.69, 9.17) is 16.0 Å². The van der Waals surface area contributed by atoms with Crippen molar-refractivity contribution in [3.8, 4) is 0 Å². The van der Waals surface area contributed by atoms with E-state index in [1.54, 1.807) is 6.26 Å². The molecule has 0 aliphatic heterocycles. The highest BCUT2D eigenvalue weighted by molar-refractivity contribution is 6.30. The molecule has 0 bridgehead atoms. The zero-order valence-corrected chi connectivity index (χ0v) is 15.3. The quantitative estimate of drug-likeness (QED) is 0.670. The standard InChI is InChI=1S/C21H21ClN2O2/c1-15(17-9-5-10-18(22)13-17)24-20(25)14-23-21(19-11-6-12-26-19)16-7-3-2-4-8-16/h2-13,15,21,23H,14H2,1H3,(H,24,25)/p+1/t15-,21+/m0/s1. The van der Waals surface area contributed by atoms with Crippen molar-refractivity contribution in [3.05, 3.63) is 94.9 Å². The molecule has 134 valence electrons. The largest absolute Gasteiger partial charge is 0.463 e. The Morgan fingerprint density at radius 3 is 2.54 bits per heavy atom. The fraction of sp³-hybridized carbons (Fsp3) is 0.190. The molecule has 3 aromatic rings. The number of furan rings is 1. The number of halogens is 1. The molecule has 0 saturated heterocycles. The second-order valence-electron chi connectivity index (χ2n) is 6.19. The molecular formula is C21H22ClN2O2+. The summed E-state index contributed by atoms with van der Waals surface area (Å²) >= 11 is 6.02. The number of quaternary nitrogens is 1. The minimum absolute atomic E-state index is 0.0371. The van der Waals surface area contributed by atoms with Crippen LogP contribution in [0.3, 0.4) is 0 Å². The third-order valence-corrected chi connectivity index (χ3v) is 4.51. The number of nitrogens with two attached hydrogens (primary N) is 1. The number of benzene rings is 2. The molecule has 0 spiro atoms. The molecule has 3 rings (SSSR count). The van der Waals surface area contributed by atoms with Crippen molar-refractivity contribution in [1.29, 1.82) is 0 Å². The highest BCUT2D eigenvalue weighted by Gasteiger charge is 2.22. The van der Waals surface area contributed by atoms with Gasteiger partial charge in [-0.25, -0.2) is 0 Å². The minimum Gasteiger partial charge on any atom is -0.463 e. The van der Waals surface area contributed by atoms with Gasteiger partial charge in [0.1, 0.15) is 0 Å². The molecule has 1 heterocycles. The van der Waals surface area contributed by atoms with Gasteiger partial charge < -0.3 is 15.1 Å². The van der Waals surface area contributed by atoms with Gasteiger partial charge in [0.2, 0.25) is 0 Å². The van der Waals surface area contributed by atoms with Gasteiger partial charge in [-0.2, -0.15) is 0 Å². The molecule has 0 radical (unpaired) electrons. The fourth-order valence-electron chi connectivity index (χ4n) is 2.93. The first-order chi connectivity index (χ1) is 12.6. The van der Waals surface area contributed by atoms with E-state index in [0.29, 0.717) is 11.6 Å². The van der Waals surface area contributed by atoms with Crippen molar-refractivity contribution in [2.75, 3.05) is 6.54 Å². The Hall–Kier alpha value is -2.56. The fourth-order valence-corrected chi connectivity index (χ4v) is 3.13. The Morgan fingerprint density at radius 2 is 1.85 bits per heavy atom. The van der Waals surface area contributed by atoms with Gasteiger partial charge in [0.25, 0.3) is 5.91 Å². The second-order valence-corrected chi connectivity index (χ2v) is 6.62. The summed E-state index contributed by atoms with van der Waals surface area (Å²) in [5.41, 5.74) is 2.08. The van der Waals surface area contributed by atoms with Gasteiger partial charge >= 0.3 is 0 Å². The van der Waals surface area contributed by atoms with E-state index in [2.05, 4.69) is 5.32 Å². The number of hydrogen-bond donors (Lipinski definition) is 2. The number of nitrogens with one attached hydrogen (secondary N) is 1. The number of hydrogen-bond acceptors (Lipinski definition) is 2. The van der Waals surface area contributed by atoms with E-state index in [0.717, 1.165) is 16.9 Å². The van der Waals surface area contributed by atoms with Crippen LogP contribution in [0.1, 0.15) is 35.9 Å². The Bertz CT molecular complexity index is 834. The first-order valence-electron chi connectivity index (χ1n) is 8.60. The third-order valence-electron chi connectivity index (χ3n) is 4.27. The van der Waals surface area contributed by atoms with Crippen molar-refractivity contribution in [3.63, 3.8) is 0 Å². The summed E-state index contributed by atoms with van der Waals surface area (Å²) in [6.07, 6.45) is 1.65. The van der Waals surface area contributed by atoms with E-state index in [9.17, 15) is 4.79 Å². The zero-order chi connectivity index (χ0) is 18.4. The predicted molar refractivity (Wildman–Crippen MR) is 102 cm³/mol. The lowest BCUT2D eigenvalue weighted by Crippen LogP contribution is -2.87. The molecule has 0 aliphatic rings. The maximum absolute atomic E-state index is 12.4. The van der Waals surface area contributed by atoms with Crippen LogP contribution in [-0.2, 0) is 4.79 Å². The molecule has 5 heteroatoms. The number of carbonyl (C=O) groups is 1. The van der Waals surface area contributed by atoms with Gasteiger partial charge in [-0.3, -0.25) is 4.79 Å². The molecule has 26 heavy (non-hydrogen) atoms. The monoisotopic (exact) mass is 369 g/mol. The number of carbonyl (C=O) groups excluding carboxylic acids is 1. The molecule has 2 aromatic carbocycles. The maximum atomic E-state index is 12.4. The van der Waals surface area contributed by atoms with Crippen LogP contribution in [0, 0.1) is 0 Å². The third kappa shape index (κ3) is 4.75. The normalized spacial score (nSPS) is 13.2. The van der Waals surface area contributed by atoms with E-state index in [1.165, 1.54) is 0 Å². The molecule has 2 atom stereocenters. The van der Waals surface area contributed by atoms with Crippen molar-refractivity contribution < 1.29 is 14.5 Å². The zero-order valence-electron chi connectivity index (χ0n) is 14.6. The van der Waals surface area contributed by atoms with Crippen molar-refractivity contribution in [2.24, 2.45) is 0 Å². The van der Waals surface area contributed by atoms with E-state index in [1.807, 2.05) is 79.0 Å². The predicted octanol–water partition coefficient (Wildman–Crippen LogP) is 3.46. The lowest BCUT2D eigenvalue weighted by atomic mass is 10.0. The van der Waals surface area contributed by atoms with Crippen LogP contribution in [0.2, 0.25) is 5.02 Å². The molecule has 0 aliphatic carbocycles. The van der Waals surface area contributed by atoms with Crippen LogP contribution in [0.25, 0.3) is 0 Å². The Kier molecular flexibility index (Phi) is 6.10. The van der Waals surface area contributed by atoms with Crippen LogP contribution in [0.15, 0.2) is 77.4 Å². The van der Waals surface area contributed by atoms with Gasteiger partial charge in [0.15, 0.2) is 18.3 Å². The summed E-state index contributed by atoms with van der Waals surface area (Å²) in [6, 6.07) is 21.2. The van der Waals surface area contributed by atoms with E-state index < -0.39 is 0 Å². The minimum atomic E-state index is -0.103. The van der Waals surface area contributed by atoms with Gasteiger partial charge in [-0.15, -0.1) is 0 Å². The molecule has 0 unspecified atom stereocenters. The van der Waals surface area contributed by atoms with E-state index >= 15 is 0 Å². The summed E-state index contributed by atoms with van der Waals surface area (Å²) in [6.45, 7) is 2.25. The SMILES string of the molecule is C[C@H](NC(=O)C[NH2+][C@H](c1ccccc1)c1ccco1)c1cccc(Cl)c1. The summed E-state index contributed by atoms with van der Waals surface area (Å²) < 4.78 is 5.57. The van der Waals surface area contributed by atoms with Crippen LogP contribution in [-0.4, -0.2) is 12.5 Å². The molecule has 0 fully saturated rings. The molecular weight excluding hydrogens is 348 g/mol. The average Bonchev–Trinajstić information content (AvgIpc) is 3.17. The van der Waals surface area contributed by atoms with Gasteiger partial charge in [-0.05, 0) is 36.8 Å². The topological polar surface area (TPSA) is 58.9 Å². The molecule has 1 amide bonds. The first kappa shape index (κ1) is 18.2. The summed E-state index contributed by atoms with van der Waals surface area (Å²) in [5.74, 6) is 0.789. The highest BCUT2D eigenvalue weighted by Crippen LogP contribution is 2.19. The highest BCUT2D eigenvalue weighted by atomic mass is 35.5. The van der Waals surface area contributed by atoms with Gasteiger partial charge in [0, 0.05) is 10.6 Å². The maximum Gasteiger partial charge on any atom is 0.275 e. The van der Waals surface area contributed by atoms with Crippen molar-refractivity contribution >= 4 is 17.5 Å². The summed E-state index contributed by atoms with van der Waals surface area (Å²) in [7, 11) is 0. The van der Waals surface area contributed by atoms with E-state index in [-0.39, 0.29) is 18.0 Å². The first-order valence-corrected chi connectivity index (χ1v) is 8.98. The van der Waals surface area contributed by atoms with Gasteiger partial charge in [-0.1, -0.05) is 54.1 Å². The van der Waals surface area contributed by atoms with Crippen LogP contribution >= 0.6 is 11.6 Å². The Labute approximate surface area is 158 Å². The van der Waals surface area contributed by atoms with Crippen molar-refractivity contribution in [1.82, 2.24) is 5.32 Å². The van der Waals surface area contributed by atoms with Gasteiger partial charge in [0.05, 0.1) is 12.3 Å². The van der Waals surface area contributed by atoms with Crippen LogP contribution in [0.4, 0.5) is 0 Å². The summed E-state index contributed by atoms with van der Waals surface area (Å²) in [5, 5.41) is 5.66. The molecule has 0 saturated carbocycles. The summed E-state index contributed by atoms with van der Waals surface area (Å²) in [4.78, 5) is 12.4. The van der Waals surface area contributed by atoms with Crippen LogP contribution < -0.4 is 10.6 Å². The van der Waals surface area contributed by atoms with Crippen LogP contribution in [0.5, 0.6) is 0 Å². The second kappa shape index (κ2) is 8.70. The molecule has 4 nitrogen and oxygen atoms in total. The van der Waals surface area contributed by atoms with Crippen molar-refractivity contribution in [2.45, 2.75) is 19.0 Å². The number of rotatable bonds is 7. The lowest BCUT2D eigenvalue weighted by molar-refractivity contribution is -0.678. The Balaban J connectivity index is 1.63. The molecule has 1 aromatic heterocycles. The molecule has 3 N–H and O–H groups in total.